The lowest BCUT2D eigenvalue weighted by molar-refractivity contribution is -0.111. The topological polar surface area (TPSA) is 41.6 Å². The molecule has 28 heavy (non-hydrogen) atoms. The predicted molar refractivity (Wildman–Crippen MR) is 118 cm³/mol. The van der Waals surface area contributed by atoms with Gasteiger partial charge in [-0.2, -0.15) is 0 Å². The van der Waals surface area contributed by atoms with Crippen LogP contribution in [0.1, 0.15) is 24.8 Å². The summed E-state index contributed by atoms with van der Waals surface area (Å²) in [4.78, 5) is 14.8. The number of nitrogens with zero attached hydrogens (tertiary/aromatic N) is 1. The van der Waals surface area contributed by atoms with Gasteiger partial charge >= 0.3 is 0 Å². The molecule has 0 saturated carbocycles. The van der Waals surface area contributed by atoms with E-state index in [1.807, 2.05) is 18.2 Å². The molecule has 1 heterocycles. The summed E-state index contributed by atoms with van der Waals surface area (Å²) in [7, 11) is 1.52. The minimum absolute atomic E-state index is 0.279. The van der Waals surface area contributed by atoms with Crippen LogP contribution in [-0.4, -0.2) is 26.1 Å². The van der Waals surface area contributed by atoms with E-state index in [1.165, 1.54) is 19.6 Å². The van der Waals surface area contributed by atoms with E-state index < -0.39 is 0 Å². The number of hydrogen-bond donors (Lipinski definition) is 1. The maximum absolute atomic E-state index is 12.5. The Morgan fingerprint density at radius 2 is 1.86 bits per heavy atom. The van der Waals surface area contributed by atoms with Gasteiger partial charge in [0.15, 0.2) is 0 Å². The third-order valence-electron chi connectivity index (χ3n) is 4.57. The van der Waals surface area contributed by atoms with Crippen LogP contribution in [0.25, 0.3) is 6.08 Å². The monoisotopic (exact) mass is 438 g/mol. The van der Waals surface area contributed by atoms with Crippen LogP contribution in [0, 0.1) is 0 Å². The van der Waals surface area contributed by atoms with Gasteiger partial charge in [-0.25, -0.2) is 0 Å². The molecule has 1 amide bonds. The Kier molecular flexibility index (Phi) is 7.11. The van der Waals surface area contributed by atoms with Crippen molar-refractivity contribution in [2.75, 3.05) is 30.4 Å². The number of rotatable bonds is 5. The van der Waals surface area contributed by atoms with Crippen molar-refractivity contribution in [1.82, 2.24) is 0 Å². The molecule has 0 unspecified atom stereocenters. The fourth-order valence-corrected chi connectivity index (χ4v) is 4.19. The highest BCUT2D eigenvalue weighted by Gasteiger charge is 2.18. The van der Waals surface area contributed by atoms with E-state index in [2.05, 4.69) is 10.2 Å². The fourth-order valence-electron chi connectivity index (χ4n) is 3.31. The second-order valence-corrected chi connectivity index (χ2v) is 7.77. The number of hydrogen-bond acceptors (Lipinski definition) is 3. The third-order valence-corrected chi connectivity index (χ3v) is 5.38. The van der Waals surface area contributed by atoms with Crippen molar-refractivity contribution in [1.29, 1.82) is 0 Å². The number of methoxy groups -OCH3 is 1. The Bertz CT molecular complexity index is 893. The molecule has 148 valence electrons. The van der Waals surface area contributed by atoms with Crippen molar-refractivity contribution < 1.29 is 9.53 Å². The van der Waals surface area contributed by atoms with E-state index >= 15 is 0 Å². The van der Waals surface area contributed by atoms with Gasteiger partial charge in [-0.1, -0.05) is 40.9 Å². The van der Waals surface area contributed by atoms with Crippen molar-refractivity contribution in [3.05, 3.63) is 57.0 Å². The molecule has 1 saturated heterocycles. The van der Waals surface area contributed by atoms with E-state index in [0.717, 1.165) is 31.6 Å². The molecule has 0 aliphatic carbocycles. The lowest BCUT2D eigenvalue weighted by Crippen LogP contribution is -2.30. The first-order valence-corrected chi connectivity index (χ1v) is 10.2. The number of anilines is 2. The van der Waals surface area contributed by atoms with Gasteiger partial charge in [-0.15, -0.1) is 0 Å². The van der Waals surface area contributed by atoms with Crippen molar-refractivity contribution >= 4 is 58.2 Å². The number of ether oxygens (including phenoxy) is 1. The van der Waals surface area contributed by atoms with Gasteiger partial charge in [0.2, 0.25) is 5.91 Å². The van der Waals surface area contributed by atoms with Crippen molar-refractivity contribution in [3.63, 3.8) is 0 Å². The second-order valence-electron chi connectivity index (χ2n) is 6.52. The van der Waals surface area contributed by atoms with Gasteiger partial charge in [0.25, 0.3) is 0 Å². The van der Waals surface area contributed by atoms with Gasteiger partial charge in [0.1, 0.15) is 5.75 Å². The summed E-state index contributed by atoms with van der Waals surface area (Å²) >= 11 is 18.6. The van der Waals surface area contributed by atoms with Crippen molar-refractivity contribution in [2.45, 2.75) is 19.3 Å². The van der Waals surface area contributed by atoms with Gasteiger partial charge in [0, 0.05) is 29.8 Å². The minimum Gasteiger partial charge on any atom is -0.495 e. The SMILES string of the molecule is COc1c(Cl)cc(Cl)cc1C=CC(=O)Nc1cccc(Cl)c1N1CCCCC1. The van der Waals surface area contributed by atoms with Crippen LogP contribution in [0.4, 0.5) is 11.4 Å². The number of nitrogens with one attached hydrogen (secondary N) is 1. The Hall–Kier alpha value is -1.88. The first kappa shape index (κ1) is 20.8. The number of amides is 1. The van der Waals surface area contributed by atoms with E-state index in [1.54, 1.807) is 18.2 Å². The van der Waals surface area contributed by atoms with Crippen LogP contribution < -0.4 is 15.0 Å². The average molecular weight is 440 g/mol. The molecule has 0 atom stereocenters. The molecule has 3 rings (SSSR count). The summed E-state index contributed by atoms with van der Waals surface area (Å²) in [5, 5.41) is 4.41. The molecule has 2 aromatic rings. The first-order valence-electron chi connectivity index (χ1n) is 9.05. The molecule has 1 aliphatic rings. The molecule has 1 N–H and O–H groups in total. The smallest absolute Gasteiger partial charge is 0.248 e. The lowest BCUT2D eigenvalue weighted by Gasteiger charge is -2.31. The zero-order chi connectivity index (χ0) is 20.1. The number of carbonyl (C=O) groups excluding carboxylic acids is 1. The molecule has 1 fully saturated rings. The van der Waals surface area contributed by atoms with E-state index in [0.29, 0.717) is 32.1 Å². The Morgan fingerprint density at radius 1 is 1.11 bits per heavy atom. The number of para-hydroxylation sites is 1. The van der Waals surface area contributed by atoms with E-state index in [-0.39, 0.29) is 5.91 Å². The van der Waals surface area contributed by atoms with Crippen LogP contribution in [0.2, 0.25) is 15.1 Å². The summed E-state index contributed by atoms with van der Waals surface area (Å²) in [5.74, 6) is 0.186. The largest absolute Gasteiger partial charge is 0.495 e. The molecule has 4 nitrogen and oxygen atoms in total. The highest BCUT2D eigenvalue weighted by molar-refractivity contribution is 6.36. The molecule has 2 aromatic carbocycles. The average Bonchev–Trinajstić information content (AvgIpc) is 2.67. The standard InChI is InChI=1S/C21H21Cl3N2O2/c1-28-21-14(12-15(22)13-17(21)24)8-9-19(27)25-18-7-5-6-16(23)20(18)26-10-3-2-4-11-26/h5-9,12-13H,2-4,10-11H2,1H3,(H,25,27). The molecule has 1 aliphatic heterocycles. The fraction of sp³-hybridized carbons (Fsp3) is 0.286. The van der Waals surface area contributed by atoms with Crippen molar-refractivity contribution in [3.8, 4) is 5.75 Å². The van der Waals surface area contributed by atoms with Crippen LogP contribution in [0.5, 0.6) is 5.75 Å². The summed E-state index contributed by atoms with van der Waals surface area (Å²) in [6.07, 6.45) is 6.50. The highest BCUT2D eigenvalue weighted by Crippen LogP contribution is 2.36. The Labute approximate surface area is 180 Å². The molecule has 0 spiro atoms. The highest BCUT2D eigenvalue weighted by atomic mass is 35.5. The summed E-state index contributed by atoms with van der Waals surface area (Å²) in [5.41, 5.74) is 2.19. The maximum atomic E-state index is 12.5. The Morgan fingerprint density at radius 3 is 2.57 bits per heavy atom. The molecule has 0 bridgehead atoms. The van der Waals surface area contributed by atoms with Crippen LogP contribution >= 0.6 is 34.8 Å². The van der Waals surface area contributed by atoms with Gasteiger partial charge in [0.05, 0.1) is 28.5 Å². The number of halogens is 3. The predicted octanol–water partition coefficient (Wildman–Crippen LogP) is 6.30. The quantitative estimate of drug-likeness (QED) is 0.556. The Balaban J connectivity index is 1.81. The van der Waals surface area contributed by atoms with E-state index in [4.69, 9.17) is 39.5 Å². The van der Waals surface area contributed by atoms with Gasteiger partial charge < -0.3 is 15.0 Å². The normalized spacial score (nSPS) is 14.4. The van der Waals surface area contributed by atoms with Crippen molar-refractivity contribution in [2.24, 2.45) is 0 Å². The molecular formula is C21H21Cl3N2O2. The molecule has 0 radical (unpaired) electrons. The first-order chi connectivity index (χ1) is 13.5. The second kappa shape index (κ2) is 9.55. The number of benzene rings is 2. The minimum atomic E-state index is -0.279. The zero-order valence-electron chi connectivity index (χ0n) is 15.5. The summed E-state index contributed by atoms with van der Waals surface area (Å²) in [6.45, 7) is 1.86. The number of carbonyl (C=O) groups is 1. The molecule has 0 aromatic heterocycles. The number of piperidine rings is 1. The summed E-state index contributed by atoms with van der Waals surface area (Å²) in [6, 6.07) is 8.81. The summed E-state index contributed by atoms with van der Waals surface area (Å²) < 4.78 is 5.30. The van der Waals surface area contributed by atoms with Gasteiger partial charge in [-0.05, 0) is 49.6 Å². The van der Waals surface area contributed by atoms with Crippen LogP contribution in [0.15, 0.2) is 36.4 Å². The zero-order valence-corrected chi connectivity index (χ0v) is 17.7. The van der Waals surface area contributed by atoms with Crippen LogP contribution in [-0.2, 0) is 4.79 Å². The van der Waals surface area contributed by atoms with E-state index in [9.17, 15) is 4.79 Å². The lowest BCUT2D eigenvalue weighted by atomic mass is 10.1. The molecular weight excluding hydrogens is 419 g/mol. The van der Waals surface area contributed by atoms with Gasteiger partial charge in [-0.3, -0.25) is 4.79 Å². The maximum Gasteiger partial charge on any atom is 0.248 e. The molecule has 7 heteroatoms. The van der Waals surface area contributed by atoms with Crippen LogP contribution in [0.3, 0.4) is 0 Å². The third kappa shape index (κ3) is 4.93.